The summed E-state index contributed by atoms with van der Waals surface area (Å²) in [5.41, 5.74) is -0.571. The third-order valence-electron chi connectivity index (χ3n) is 14.1. The number of hydrogen-bond donors (Lipinski definition) is 2. The van der Waals surface area contributed by atoms with Crippen molar-refractivity contribution < 1.29 is 48.4 Å². The lowest BCUT2D eigenvalue weighted by atomic mass is 9.53. The van der Waals surface area contributed by atoms with Gasteiger partial charge in [0.25, 0.3) is 0 Å². The monoisotopic (exact) mass is 642 g/mol. The van der Waals surface area contributed by atoms with E-state index in [9.17, 15) is 34.2 Å². The molecule has 46 heavy (non-hydrogen) atoms. The molecular formula is C36H50O10. The van der Waals surface area contributed by atoms with Crippen molar-refractivity contribution in [3.05, 3.63) is 0 Å². The first-order valence-corrected chi connectivity index (χ1v) is 17.7. The van der Waals surface area contributed by atoms with Gasteiger partial charge in [-0.05, 0) is 130 Å². The zero-order valence-electron chi connectivity index (χ0n) is 27.6. The van der Waals surface area contributed by atoms with Crippen molar-refractivity contribution in [2.24, 2.45) is 101 Å². The molecule has 0 spiro atoms. The topological polar surface area (TPSA) is 154 Å². The van der Waals surface area contributed by atoms with Crippen LogP contribution in [0.25, 0.3) is 0 Å². The summed E-state index contributed by atoms with van der Waals surface area (Å²) in [7, 11) is 0. The number of rotatable bonds is 8. The summed E-state index contributed by atoms with van der Waals surface area (Å²) < 4.78 is 16.6. The Morgan fingerprint density at radius 1 is 0.739 bits per heavy atom. The van der Waals surface area contributed by atoms with E-state index in [0.717, 1.165) is 19.3 Å². The molecule has 7 rings (SSSR count). The minimum absolute atomic E-state index is 0.00561. The van der Waals surface area contributed by atoms with Crippen molar-refractivity contribution in [1.82, 2.24) is 0 Å². The molecule has 254 valence electrons. The lowest BCUT2D eigenvalue weighted by Gasteiger charge is -2.51. The Hall–Kier alpha value is -2.49. The molecule has 1 saturated heterocycles. The summed E-state index contributed by atoms with van der Waals surface area (Å²) in [6, 6.07) is 0. The zero-order chi connectivity index (χ0) is 33.0. The van der Waals surface area contributed by atoms with Crippen LogP contribution in [0.5, 0.6) is 0 Å². The molecule has 6 aliphatic carbocycles. The van der Waals surface area contributed by atoms with Crippen LogP contribution < -0.4 is 0 Å². The van der Waals surface area contributed by atoms with Gasteiger partial charge in [0, 0.05) is 0 Å². The highest BCUT2D eigenvalue weighted by molar-refractivity contribution is 5.96. The van der Waals surface area contributed by atoms with Gasteiger partial charge in [-0.2, -0.15) is 0 Å². The number of carbonyl (C=O) groups is 5. The number of carboxylic acid groups (broad SMARTS) is 1. The number of fused-ring (bicyclic) bond motifs is 6. The number of ether oxygens (including phenoxy) is 3. The van der Waals surface area contributed by atoms with E-state index in [2.05, 4.69) is 6.92 Å². The molecule has 1 heterocycles. The second kappa shape index (κ2) is 11.3. The largest absolute Gasteiger partial charge is 0.481 e. The maximum absolute atomic E-state index is 13.5. The minimum Gasteiger partial charge on any atom is -0.481 e. The van der Waals surface area contributed by atoms with E-state index in [4.69, 9.17) is 14.2 Å². The van der Waals surface area contributed by atoms with Crippen molar-refractivity contribution in [3.8, 4) is 0 Å². The lowest BCUT2D eigenvalue weighted by molar-refractivity contribution is -0.165. The molecule has 17 unspecified atom stereocenters. The van der Waals surface area contributed by atoms with Crippen LogP contribution in [0.3, 0.4) is 0 Å². The molecule has 0 radical (unpaired) electrons. The van der Waals surface area contributed by atoms with Crippen LogP contribution in [0, 0.1) is 101 Å². The number of cyclic esters (lactones) is 2. The van der Waals surface area contributed by atoms with Crippen LogP contribution in [0.4, 0.5) is 0 Å². The number of carbonyl (C=O) groups excluding carboxylic acids is 4. The standard InChI is InChI=1S/C36H50O10/c1-14-16-8-20(24(9-16)34(42)46-36(3,4)5)25(14)27-18-11-21(23(13-18)33(41)44-7-6-37)30(27)28-17-10-19(22(12-17)31(38)39)29(28)26-15(2)32(40)45-35(26)43/h14-30,37H,6-13H2,1-5H3,(H,38,39). The van der Waals surface area contributed by atoms with Gasteiger partial charge < -0.3 is 24.4 Å². The number of esters is 4. The van der Waals surface area contributed by atoms with E-state index < -0.39 is 41.3 Å². The minimum atomic E-state index is -0.849. The molecule has 7 aliphatic rings. The summed E-state index contributed by atoms with van der Waals surface area (Å²) in [5, 5.41) is 19.6. The summed E-state index contributed by atoms with van der Waals surface area (Å²) >= 11 is 0. The zero-order valence-corrected chi connectivity index (χ0v) is 27.6. The normalized spacial score (nSPS) is 48.7. The third-order valence-corrected chi connectivity index (χ3v) is 14.1. The Bertz CT molecular complexity index is 1300. The average molecular weight is 643 g/mol. The van der Waals surface area contributed by atoms with Gasteiger partial charge in [0.05, 0.1) is 36.2 Å². The van der Waals surface area contributed by atoms with Crippen molar-refractivity contribution in [2.75, 3.05) is 13.2 Å². The predicted molar refractivity (Wildman–Crippen MR) is 161 cm³/mol. The first kappa shape index (κ1) is 32.1. The Labute approximate surface area is 270 Å². The smallest absolute Gasteiger partial charge is 0.317 e. The summed E-state index contributed by atoms with van der Waals surface area (Å²) in [6.45, 7) is 9.47. The van der Waals surface area contributed by atoms with Gasteiger partial charge in [-0.15, -0.1) is 0 Å². The molecule has 7 fully saturated rings. The number of carboxylic acids is 1. The van der Waals surface area contributed by atoms with E-state index in [-0.39, 0.29) is 96.2 Å². The highest BCUT2D eigenvalue weighted by Gasteiger charge is 2.70. The fourth-order valence-electron chi connectivity index (χ4n) is 13.0. The van der Waals surface area contributed by atoms with E-state index in [1.165, 1.54) is 0 Å². The van der Waals surface area contributed by atoms with Gasteiger partial charge >= 0.3 is 29.8 Å². The highest BCUT2D eigenvalue weighted by Crippen LogP contribution is 2.72. The van der Waals surface area contributed by atoms with Crippen molar-refractivity contribution >= 4 is 29.8 Å². The van der Waals surface area contributed by atoms with E-state index in [1.807, 2.05) is 20.8 Å². The molecule has 17 atom stereocenters. The van der Waals surface area contributed by atoms with Crippen LogP contribution in [-0.4, -0.2) is 58.9 Å². The molecule has 1 aliphatic heterocycles. The average Bonchev–Trinajstić information content (AvgIpc) is 3.82. The molecule has 0 aromatic rings. The van der Waals surface area contributed by atoms with E-state index in [1.54, 1.807) is 6.92 Å². The molecule has 6 bridgehead atoms. The van der Waals surface area contributed by atoms with Gasteiger partial charge in [-0.25, -0.2) is 0 Å². The van der Waals surface area contributed by atoms with Crippen LogP contribution >= 0.6 is 0 Å². The van der Waals surface area contributed by atoms with Gasteiger partial charge in [0.2, 0.25) is 0 Å². The fraction of sp³-hybridized carbons (Fsp3) is 0.861. The Morgan fingerprint density at radius 3 is 1.85 bits per heavy atom. The first-order valence-electron chi connectivity index (χ1n) is 17.7. The summed E-state index contributed by atoms with van der Waals surface area (Å²) in [5.74, 6) is -3.44. The molecular weight excluding hydrogens is 592 g/mol. The maximum Gasteiger partial charge on any atom is 0.317 e. The number of hydrogen-bond acceptors (Lipinski definition) is 9. The number of aliphatic hydroxyl groups excluding tert-OH is 1. The van der Waals surface area contributed by atoms with Crippen molar-refractivity contribution in [1.29, 1.82) is 0 Å². The molecule has 2 N–H and O–H groups in total. The van der Waals surface area contributed by atoms with Crippen LogP contribution in [0.15, 0.2) is 0 Å². The summed E-state index contributed by atoms with van der Waals surface area (Å²) in [4.78, 5) is 65.5. The maximum atomic E-state index is 13.5. The number of aliphatic carboxylic acids is 1. The highest BCUT2D eigenvalue weighted by atomic mass is 16.6. The van der Waals surface area contributed by atoms with E-state index in [0.29, 0.717) is 31.1 Å². The van der Waals surface area contributed by atoms with Crippen LogP contribution in [-0.2, 0) is 38.2 Å². The van der Waals surface area contributed by atoms with Gasteiger partial charge in [0.1, 0.15) is 12.2 Å². The first-order chi connectivity index (χ1) is 21.7. The Kier molecular flexibility index (Phi) is 7.88. The van der Waals surface area contributed by atoms with E-state index >= 15 is 0 Å². The molecule has 0 amide bonds. The quantitative estimate of drug-likeness (QED) is 0.226. The third kappa shape index (κ3) is 4.85. The van der Waals surface area contributed by atoms with Crippen LogP contribution in [0.1, 0.15) is 73.1 Å². The molecule has 0 aromatic heterocycles. The summed E-state index contributed by atoms with van der Waals surface area (Å²) in [6.07, 6.45) is 4.63. The van der Waals surface area contributed by atoms with Gasteiger partial charge in [0.15, 0.2) is 0 Å². The molecule has 0 aromatic carbocycles. The molecule has 10 heteroatoms. The van der Waals surface area contributed by atoms with Gasteiger partial charge in [-0.3, -0.25) is 24.0 Å². The Balaban J connectivity index is 1.28. The van der Waals surface area contributed by atoms with Gasteiger partial charge in [-0.1, -0.05) is 13.8 Å². The predicted octanol–water partition coefficient (Wildman–Crippen LogP) is 3.97. The number of aliphatic hydroxyl groups is 1. The lowest BCUT2D eigenvalue weighted by Crippen LogP contribution is -2.50. The second-order valence-corrected chi connectivity index (χ2v) is 17.1. The van der Waals surface area contributed by atoms with Crippen LogP contribution in [0.2, 0.25) is 0 Å². The molecule has 10 nitrogen and oxygen atoms in total. The fourth-order valence-corrected chi connectivity index (χ4v) is 13.0. The SMILES string of the molecule is CC1C(=O)OC(=O)C1C1C2CC(CC2C(=O)O)C1C1C2CC(CC2C(=O)OCCO)C1C1C(C)C2CC(C(=O)OC(C)(C)C)C1C2. The second-order valence-electron chi connectivity index (χ2n) is 17.1. The van der Waals surface area contributed by atoms with Crippen molar-refractivity contribution in [2.45, 2.75) is 78.7 Å². The Morgan fingerprint density at radius 2 is 1.28 bits per heavy atom. The van der Waals surface area contributed by atoms with Crippen molar-refractivity contribution in [3.63, 3.8) is 0 Å². The molecule has 6 saturated carbocycles.